The molecule has 1 aromatic rings. The number of hydrogen-bond acceptors (Lipinski definition) is 4. The lowest BCUT2D eigenvalue weighted by Gasteiger charge is -2.30. The van der Waals surface area contributed by atoms with Gasteiger partial charge in [-0.25, -0.2) is 4.39 Å². The Morgan fingerprint density at radius 1 is 1.53 bits per heavy atom. The number of β-amino-alcohol motifs (C(OH)–C–C–N with tert-alkyl or cyclic N) is 1. The number of halogens is 1. The summed E-state index contributed by atoms with van der Waals surface area (Å²) in [7, 11) is 0. The Morgan fingerprint density at radius 2 is 2.26 bits per heavy atom. The van der Waals surface area contributed by atoms with E-state index in [1.807, 2.05) is 4.90 Å². The highest BCUT2D eigenvalue weighted by molar-refractivity contribution is 5.97. The van der Waals surface area contributed by atoms with Crippen molar-refractivity contribution in [3.63, 3.8) is 0 Å². The molecule has 0 amide bonds. The summed E-state index contributed by atoms with van der Waals surface area (Å²) in [5, 5.41) is 19.6. The lowest BCUT2D eigenvalue weighted by atomic mass is 10.0. The fourth-order valence-corrected chi connectivity index (χ4v) is 2.46. The number of likely N-dealkylation sites (tertiary alicyclic amines) is 1. The van der Waals surface area contributed by atoms with Crippen LogP contribution in [0.3, 0.4) is 0 Å². The van der Waals surface area contributed by atoms with Crippen molar-refractivity contribution >= 4 is 5.78 Å². The molecule has 4 nitrogen and oxygen atoms in total. The maximum atomic E-state index is 13.5. The van der Waals surface area contributed by atoms with Crippen molar-refractivity contribution in [3.8, 4) is 5.75 Å². The molecule has 1 atom stereocenters. The maximum Gasteiger partial charge on any atom is 0.163 e. The van der Waals surface area contributed by atoms with E-state index < -0.39 is 5.82 Å². The molecule has 104 valence electrons. The summed E-state index contributed by atoms with van der Waals surface area (Å²) in [4.78, 5) is 13.3. The number of carbonyl (C=O) groups excluding carboxylic acids is 1. The van der Waals surface area contributed by atoms with Gasteiger partial charge in [0.1, 0.15) is 11.6 Å². The molecule has 1 aliphatic heterocycles. The smallest absolute Gasteiger partial charge is 0.163 e. The number of nitrogens with zero attached hydrogens (tertiary/aromatic N) is 1. The van der Waals surface area contributed by atoms with Crippen molar-refractivity contribution in [2.24, 2.45) is 0 Å². The summed E-state index contributed by atoms with van der Waals surface area (Å²) in [6, 6.07) is 2.29. The van der Waals surface area contributed by atoms with Crippen molar-refractivity contribution in [3.05, 3.63) is 29.1 Å². The van der Waals surface area contributed by atoms with Gasteiger partial charge >= 0.3 is 0 Å². The van der Waals surface area contributed by atoms with Crippen molar-refractivity contribution in [2.45, 2.75) is 32.4 Å². The second-order valence-corrected chi connectivity index (χ2v) is 5.05. The summed E-state index contributed by atoms with van der Waals surface area (Å²) in [6.45, 7) is 2.93. The molecule has 2 N–H and O–H groups in total. The molecule has 1 aromatic carbocycles. The van der Waals surface area contributed by atoms with Crippen LogP contribution in [-0.2, 0) is 6.54 Å². The number of Topliss-reactive ketones (excluding diaryl/α,β-unsaturated/α-hetero) is 1. The van der Waals surface area contributed by atoms with Gasteiger partial charge in [-0.15, -0.1) is 0 Å². The van der Waals surface area contributed by atoms with Gasteiger partial charge in [0, 0.05) is 18.7 Å². The molecule has 0 aliphatic carbocycles. The molecule has 1 fully saturated rings. The lowest BCUT2D eigenvalue weighted by Crippen LogP contribution is -2.37. The van der Waals surface area contributed by atoms with Crippen molar-refractivity contribution in [1.29, 1.82) is 0 Å². The van der Waals surface area contributed by atoms with Gasteiger partial charge in [-0.3, -0.25) is 9.69 Å². The second kappa shape index (κ2) is 5.67. The van der Waals surface area contributed by atoms with Crippen molar-refractivity contribution < 1.29 is 19.4 Å². The van der Waals surface area contributed by atoms with Crippen LogP contribution in [0.4, 0.5) is 4.39 Å². The number of benzene rings is 1. The van der Waals surface area contributed by atoms with Crippen LogP contribution in [0.5, 0.6) is 5.75 Å². The maximum absolute atomic E-state index is 13.5. The lowest BCUT2D eigenvalue weighted by molar-refractivity contribution is 0.0663. The zero-order chi connectivity index (χ0) is 14.0. The Kier molecular flexibility index (Phi) is 4.17. The van der Waals surface area contributed by atoms with E-state index in [0.717, 1.165) is 25.5 Å². The minimum Gasteiger partial charge on any atom is -0.507 e. The third-order valence-corrected chi connectivity index (χ3v) is 3.41. The minimum atomic E-state index is -0.532. The monoisotopic (exact) mass is 267 g/mol. The topological polar surface area (TPSA) is 60.8 Å². The summed E-state index contributed by atoms with van der Waals surface area (Å²) in [6.07, 6.45) is 1.26. The van der Waals surface area contributed by atoms with Crippen LogP contribution in [0.15, 0.2) is 12.1 Å². The number of aliphatic hydroxyl groups is 1. The highest BCUT2D eigenvalue weighted by Crippen LogP contribution is 2.27. The average molecular weight is 267 g/mol. The number of carbonyl (C=O) groups is 1. The van der Waals surface area contributed by atoms with Crippen LogP contribution < -0.4 is 0 Å². The highest BCUT2D eigenvalue weighted by Gasteiger charge is 2.20. The largest absolute Gasteiger partial charge is 0.507 e. The van der Waals surface area contributed by atoms with E-state index >= 15 is 0 Å². The molecule has 1 saturated heterocycles. The molecular weight excluding hydrogens is 249 g/mol. The Balaban J connectivity index is 2.22. The first-order valence-corrected chi connectivity index (χ1v) is 6.40. The van der Waals surface area contributed by atoms with E-state index in [1.165, 1.54) is 13.0 Å². The van der Waals surface area contributed by atoms with Crippen LogP contribution >= 0.6 is 0 Å². The quantitative estimate of drug-likeness (QED) is 0.818. The van der Waals surface area contributed by atoms with Gasteiger partial charge in [0.25, 0.3) is 0 Å². The van der Waals surface area contributed by atoms with Crippen LogP contribution in [0.1, 0.15) is 35.7 Å². The third-order valence-electron chi connectivity index (χ3n) is 3.41. The van der Waals surface area contributed by atoms with Gasteiger partial charge in [-0.05, 0) is 38.4 Å². The van der Waals surface area contributed by atoms with E-state index in [4.69, 9.17) is 0 Å². The number of ketones is 1. The summed E-state index contributed by atoms with van der Waals surface area (Å²) in [5.74, 6) is -1.05. The number of rotatable bonds is 3. The zero-order valence-corrected chi connectivity index (χ0v) is 10.9. The molecular formula is C14H18FNO3. The van der Waals surface area contributed by atoms with Gasteiger partial charge in [0.05, 0.1) is 11.7 Å². The molecule has 0 aromatic heterocycles. The first-order valence-electron chi connectivity index (χ1n) is 6.40. The SMILES string of the molecule is CC(=O)c1cc(F)cc(CN2CCCC(O)C2)c1O. The first kappa shape index (κ1) is 14.0. The van der Waals surface area contributed by atoms with Gasteiger partial charge in [0.15, 0.2) is 5.78 Å². The molecule has 0 radical (unpaired) electrons. The summed E-state index contributed by atoms with van der Waals surface area (Å²) < 4.78 is 13.5. The number of aliphatic hydroxyl groups excluding tert-OH is 1. The molecule has 1 heterocycles. The zero-order valence-electron chi connectivity index (χ0n) is 10.9. The van der Waals surface area contributed by atoms with Gasteiger partial charge in [-0.1, -0.05) is 0 Å². The molecule has 1 unspecified atom stereocenters. The molecule has 0 saturated carbocycles. The number of piperidine rings is 1. The predicted molar refractivity (Wildman–Crippen MR) is 68.6 cm³/mol. The molecule has 2 rings (SSSR count). The second-order valence-electron chi connectivity index (χ2n) is 5.05. The number of aromatic hydroxyl groups is 1. The van der Waals surface area contributed by atoms with Gasteiger partial charge in [0.2, 0.25) is 0 Å². The summed E-state index contributed by atoms with van der Waals surface area (Å²) in [5.41, 5.74) is 0.395. The standard InChI is InChI=1S/C14H18FNO3/c1-9(17)13-6-11(15)5-10(14(13)19)7-16-4-2-3-12(18)8-16/h5-6,12,18-19H,2-4,7-8H2,1H3. The molecule has 19 heavy (non-hydrogen) atoms. The minimum absolute atomic E-state index is 0.00700. The van der Waals surface area contributed by atoms with E-state index in [0.29, 0.717) is 18.7 Å². The van der Waals surface area contributed by atoms with Crippen LogP contribution in [0.2, 0.25) is 0 Å². The van der Waals surface area contributed by atoms with Gasteiger partial charge in [-0.2, -0.15) is 0 Å². The number of phenolic OH excluding ortho intramolecular Hbond substituents is 1. The van der Waals surface area contributed by atoms with E-state index in [1.54, 1.807) is 0 Å². The Bertz CT molecular complexity index is 490. The van der Waals surface area contributed by atoms with Crippen molar-refractivity contribution in [2.75, 3.05) is 13.1 Å². The Hall–Kier alpha value is -1.46. The summed E-state index contributed by atoms with van der Waals surface area (Å²) >= 11 is 0. The van der Waals surface area contributed by atoms with E-state index in [9.17, 15) is 19.4 Å². The van der Waals surface area contributed by atoms with Crippen LogP contribution in [-0.4, -0.2) is 40.1 Å². The third kappa shape index (κ3) is 3.30. The highest BCUT2D eigenvalue weighted by atomic mass is 19.1. The van der Waals surface area contributed by atoms with Crippen molar-refractivity contribution in [1.82, 2.24) is 4.90 Å². The fourth-order valence-electron chi connectivity index (χ4n) is 2.46. The van der Waals surface area contributed by atoms with E-state index in [-0.39, 0.29) is 23.2 Å². The Labute approximate surface area is 111 Å². The molecule has 0 spiro atoms. The number of phenols is 1. The van der Waals surface area contributed by atoms with E-state index in [2.05, 4.69) is 0 Å². The molecule has 1 aliphatic rings. The van der Waals surface area contributed by atoms with Crippen LogP contribution in [0, 0.1) is 5.82 Å². The Morgan fingerprint density at radius 3 is 2.89 bits per heavy atom. The predicted octanol–water partition coefficient (Wildman–Crippen LogP) is 1.69. The molecule has 0 bridgehead atoms. The normalized spacial score (nSPS) is 20.5. The van der Waals surface area contributed by atoms with Crippen LogP contribution in [0.25, 0.3) is 0 Å². The van der Waals surface area contributed by atoms with Gasteiger partial charge < -0.3 is 10.2 Å². The average Bonchev–Trinajstić information content (AvgIpc) is 2.33. The first-order chi connectivity index (χ1) is 8.97. The number of hydrogen-bond donors (Lipinski definition) is 2. The fraction of sp³-hybridized carbons (Fsp3) is 0.500. The molecule has 5 heteroatoms.